The zero-order chi connectivity index (χ0) is 12.1. The smallest absolute Gasteiger partial charge is 0.109 e. The lowest BCUT2D eigenvalue weighted by molar-refractivity contribution is 0.282. The molecule has 1 aromatic rings. The molecule has 1 fully saturated rings. The van der Waals surface area contributed by atoms with Crippen molar-refractivity contribution in [3.63, 3.8) is 0 Å². The Morgan fingerprint density at radius 2 is 2.18 bits per heavy atom. The predicted octanol–water partition coefficient (Wildman–Crippen LogP) is 2.52. The zero-order valence-electron chi connectivity index (χ0n) is 11.2. The maximum absolute atomic E-state index is 4.35. The molecule has 17 heavy (non-hydrogen) atoms. The highest BCUT2D eigenvalue weighted by Gasteiger charge is 2.19. The van der Waals surface area contributed by atoms with E-state index in [4.69, 9.17) is 0 Å². The van der Waals surface area contributed by atoms with Gasteiger partial charge in [0.25, 0.3) is 0 Å². The molecule has 3 nitrogen and oxygen atoms in total. The Morgan fingerprint density at radius 1 is 1.41 bits per heavy atom. The van der Waals surface area contributed by atoms with Crippen molar-refractivity contribution < 1.29 is 0 Å². The summed E-state index contributed by atoms with van der Waals surface area (Å²) >= 11 is 0. The number of nitrogens with one attached hydrogen (secondary N) is 1. The van der Waals surface area contributed by atoms with E-state index in [9.17, 15) is 0 Å². The second-order valence-corrected chi connectivity index (χ2v) is 5.35. The highest BCUT2D eigenvalue weighted by atomic mass is 15.0. The van der Waals surface area contributed by atoms with E-state index in [0.717, 1.165) is 18.9 Å². The summed E-state index contributed by atoms with van der Waals surface area (Å²) in [7, 11) is 2.06. The fraction of sp³-hybridized carbons (Fsp3) is 0.786. The van der Waals surface area contributed by atoms with Crippen LogP contribution in [0.25, 0.3) is 0 Å². The number of hydrogen-bond acceptors (Lipinski definition) is 2. The maximum atomic E-state index is 4.35. The summed E-state index contributed by atoms with van der Waals surface area (Å²) in [6.07, 6.45) is 12.0. The highest BCUT2D eigenvalue weighted by molar-refractivity contribution is 4.91. The number of aryl methyl sites for hydroxylation is 1. The van der Waals surface area contributed by atoms with Gasteiger partial charge in [0.05, 0.1) is 0 Å². The summed E-state index contributed by atoms with van der Waals surface area (Å²) in [5.41, 5.74) is 0. The molecule has 0 bridgehead atoms. The lowest BCUT2D eigenvalue weighted by Crippen LogP contribution is -2.36. The molecule has 0 aliphatic heterocycles. The van der Waals surface area contributed by atoms with Gasteiger partial charge in [-0.15, -0.1) is 0 Å². The van der Waals surface area contributed by atoms with Gasteiger partial charge in [-0.05, 0) is 25.7 Å². The van der Waals surface area contributed by atoms with Gasteiger partial charge in [0.15, 0.2) is 0 Å². The number of aromatic nitrogens is 2. The molecule has 0 radical (unpaired) electrons. The summed E-state index contributed by atoms with van der Waals surface area (Å²) in [6, 6.07) is 0.663. The number of nitrogens with zero attached hydrogens (tertiary/aromatic N) is 2. The molecular weight excluding hydrogens is 210 g/mol. The number of imidazole rings is 1. The Bertz CT molecular complexity index is 326. The first-order valence-electron chi connectivity index (χ1n) is 6.97. The summed E-state index contributed by atoms with van der Waals surface area (Å²) in [4.78, 5) is 4.35. The minimum atomic E-state index is 0.663. The average molecular weight is 235 g/mol. The van der Waals surface area contributed by atoms with Crippen LogP contribution < -0.4 is 5.32 Å². The Hall–Kier alpha value is -0.830. The number of hydrogen-bond donors (Lipinski definition) is 1. The first-order valence-corrected chi connectivity index (χ1v) is 6.97. The summed E-state index contributed by atoms with van der Waals surface area (Å²) < 4.78 is 2.10. The van der Waals surface area contributed by atoms with E-state index in [1.54, 1.807) is 0 Å². The molecule has 2 rings (SSSR count). The molecule has 0 saturated heterocycles. The van der Waals surface area contributed by atoms with Crippen molar-refractivity contribution in [2.75, 3.05) is 6.54 Å². The Balaban J connectivity index is 1.69. The van der Waals surface area contributed by atoms with Crippen molar-refractivity contribution in [2.24, 2.45) is 13.0 Å². The van der Waals surface area contributed by atoms with Crippen LogP contribution in [0.15, 0.2) is 12.4 Å². The fourth-order valence-corrected chi connectivity index (χ4v) is 2.85. The predicted molar refractivity (Wildman–Crippen MR) is 71.0 cm³/mol. The molecule has 1 atom stereocenters. The van der Waals surface area contributed by atoms with Crippen LogP contribution in [-0.4, -0.2) is 22.1 Å². The van der Waals surface area contributed by atoms with Crippen LogP contribution in [0.3, 0.4) is 0 Å². The van der Waals surface area contributed by atoms with Gasteiger partial charge in [0.2, 0.25) is 0 Å². The van der Waals surface area contributed by atoms with E-state index in [-0.39, 0.29) is 0 Å². The van der Waals surface area contributed by atoms with Gasteiger partial charge in [-0.2, -0.15) is 0 Å². The third-order valence-corrected chi connectivity index (χ3v) is 4.09. The molecule has 0 spiro atoms. The Morgan fingerprint density at radius 3 is 2.82 bits per heavy atom. The summed E-state index contributed by atoms with van der Waals surface area (Å²) in [5, 5.41) is 3.66. The lowest BCUT2D eigenvalue weighted by atomic mass is 9.84. The van der Waals surface area contributed by atoms with E-state index < -0.39 is 0 Å². The maximum Gasteiger partial charge on any atom is 0.109 e. The lowest BCUT2D eigenvalue weighted by Gasteiger charge is -2.28. The van der Waals surface area contributed by atoms with Crippen molar-refractivity contribution in [1.29, 1.82) is 0 Å². The first-order chi connectivity index (χ1) is 8.27. The number of rotatable bonds is 5. The molecule has 1 saturated carbocycles. The van der Waals surface area contributed by atoms with Crippen LogP contribution in [0.2, 0.25) is 0 Å². The molecule has 3 heteroatoms. The van der Waals surface area contributed by atoms with Crippen molar-refractivity contribution in [1.82, 2.24) is 14.9 Å². The van der Waals surface area contributed by atoms with Gasteiger partial charge in [0, 0.05) is 38.4 Å². The minimum absolute atomic E-state index is 0.663. The third kappa shape index (κ3) is 3.56. The van der Waals surface area contributed by atoms with E-state index in [1.807, 2.05) is 12.4 Å². The average Bonchev–Trinajstić information content (AvgIpc) is 2.76. The van der Waals surface area contributed by atoms with Crippen LogP contribution in [0.5, 0.6) is 0 Å². The minimum Gasteiger partial charge on any atom is -0.338 e. The summed E-state index contributed by atoms with van der Waals surface area (Å²) in [5.74, 6) is 2.07. The van der Waals surface area contributed by atoms with Crippen LogP contribution in [0.1, 0.15) is 44.9 Å². The van der Waals surface area contributed by atoms with E-state index in [2.05, 4.69) is 28.8 Å². The van der Waals surface area contributed by atoms with Gasteiger partial charge in [-0.1, -0.05) is 19.3 Å². The Kier molecular flexibility index (Phi) is 4.60. The zero-order valence-corrected chi connectivity index (χ0v) is 11.2. The van der Waals surface area contributed by atoms with Crippen molar-refractivity contribution in [2.45, 2.75) is 51.5 Å². The van der Waals surface area contributed by atoms with Gasteiger partial charge in [-0.3, -0.25) is 0 Å². The topological polar surface area (TPSA) is 29.9 Å². The van der Waals surface area contributed by atoms with Gasteiger partial charge in [0.1, 0.15) is 5.82 Å². The van der Waals surface area contributed by atoms with Crippen LogP contribution in [0, 0.1) is 5.92 Å². The molecule has 1 heterocycles. The first kappa shape index (κ1) is 12.6. The van der Waals surface area contributed by atoms with Gasteiger partial charge < -0.3 is 9.88 Å². The fourth-order valence-electron chi connectivity index (χ4n) is 2.85. The standard InChI is InChI=1S/C14H25N3/c1-12(13-6-4-3-5-7-13)15-9-8-14-16-10-11-17(14)2/h10-13,15H,3-9H2,1-2H3. The molecule has 1 aromatic heterocycles. The molecular formula is C14H25N3. The monoisotopic (exact) mass is 235 g/mol. The van der Waals surface area contributed by atoms with E-state index >= 15 is 0 Å². The van der Waals surface area contributed by atoms with Crippen molar-refractivity contribution in [3.8, 4) is 0 Å². The van der Waals surface area contributed by atoms with Gasteiger partial charge in [-0.25, -0.2) is 4.98 Å². The van der Waals surface area contributed by atoms with E-state index in [0.29, 0.717) is 6.04 Å². The third-order valence-electron chi connectivity index (χ3n) is 4.09. The SMILES string of the molecule is CC(NCCc1nccn1C)C1CCCCC1. The van der Waals surface area contributed by atoms with Gasteiger partial charge >= 0.3 is 0 Å². The molecule has 0 amide bonds. The molecule has 1 unspecified atom stereocenters. The van der Waals surface area contributed by atoms with Crippen molar-refractivity contribution in [3.05, 3.63) is 18.2 Å². The normalized spacial score (nSPS) is 19.4. The van der Waals surface area contributed by atoms with Crippen LogP contribution >= 0.6 is 0 Å². The summed E-state index contributed by atoms with van der Waals surface area (Å²) in [6.45, 7) is 3.39. The quantitative estimate of drug-likeness (QED) is 0.850. The molecule has 1 aliphatic carbocycles. The Labute approximate surface area is 105 Å². The molecule has 1 aliphatic rings. The van der Waals surface area contributed by atoms with Crippen LogP contribution in [-0.2, 0) is 13.5 Å². The largest absolute Gasteiger partial charge is 0.338 e. The molecule has 96 valence electrons. The van der Waals surface area contributed by atoms with E-state index in [1.165, 1.54) is 37.9 Å². The molecule has 0 aromatic carbocycles. The highest BCUT2D eigenvalue weighted by Crippen LogP contribution is 2.26. The van der Waals surface area contributed by atoms with Crippen LogP contribution in [0.4, 0.5) is 0 Å². The molecule has 1 N–H and O–H groups in total. The second-order valence-electron chi connectivity index (χ2n) is 5.35. The van der Waals surface area contributed by atoms with Crippen molar-refractivity contribution >= 4 is 0 Å². The second kappa shape index (κ2) is 6.20.